The number of benzene rings is 3. The fourth-order valence-corrected chi connectivity index (χ4v) is 11.1. The summed E-state index contributed by atoms with van der Waals surface area (Å²) in [7, 11) is 0.397. The molecule has 13 heteroatoms. The lowest BCUT2D eigenvalue weighted by Gasteiger charge is -2.55. The molecule has 64 heavy (non-hydrogen) atoms. The van der Waals surface area contributed by atoms with Crippen LogP contribution >= 0.6 is 0 Å². The average Bonchev–Trinajstić information content (AvgIpc) is 3.65. The molecule has 11 nitrogen and oxygen atoms in total. The van der Waals surface area contributed by atoms with Crippen molar-refractivity contribution in [1.82, 2.24) is 10.1 Å². The van der Waals surface area contributed by atoms with Gasteiger partial charge in [0.1, 0.15) is 36.0 Å². The first-order chi connectivity index (χ1) is 30.0. The van der Waals surface area contributed by atoms with Crippen LogP contribution in [0.25, 0.3) is 5.76 Å². The minimum atomic E-state index is -2.94. The normalized spacial score (nSPS) is 21.4. The van der Waals surface area contributed by atoms with E-state index in [1.54, 1.807) is 13.4 Å². The van der Waals surface area contributed by atoms with Gasteiger partial charge in [0.05, 0.1) is 25.0 Å². The first-order valence-electron chi connectivity index (χ1n) is 22.3. The number of aliphatic hydroxyl groups is 1. The molecule has 0 saturated heterocycles. The number of rotatable bonds is 14. The SMILES string of the molecule is COc1cc(C/C=C\O[Si](C)(C)C(C)(C)C)c(OCc2ccccc2)c2c1C[C@H]1C[C@H]3[C@H](N(C)C)c4onc(OCc5ccccc5)c4C(=O)[C@@]3(O[Si](C)(C)C(C)(C)C)C(=O)C1=C2O. The van der Waals surface area contributed by atoms with Crippen LogP contribution < -0.4 is 14.2 Å². The van der Waals surface area contributed by atoms with Crippen LogP contribution in [0.5, 0.6) is 17.4 Å². The topological polar surface area (TPSA) is 130 Å². The molecule has 0 radical (unpaired) electrons. The predicted molar refractivity (Wildman–Crippen MR) is 254 cm³/mol. The lowest BCUT2D eigenvalue weighted by atomic mass is 9.57. The highest BCUT2D eigenvalue weighted by molar-refractivity contribution is 6.75. The van der Waals surface area contributed by atoms with Crippen LogP contribution in [0.3, 0.4) is 0 Å². The molecule has 1 saturated carbocycles. The summed E-state index contributed by atoms with van der Waals surface area (Å²) in [6.45, 7) is 21.7. The van der Waals surface area contributed by atoms with Crippen molar-refractivity contribution in [3.8, 4) is 17.4 Å². The van der Waals surface area contributed by atoms with E-state index in [1.807, 2.05) is 105 Å². The number of ketones is 2. The third kappa shape index (κ3) is 8.40. The lowest BCUT2D eigenvalue weighted by molar-refractivity contribution is -0.140. The number of carbonyl (C=O) groups excluding carboxylic acids is 2. The predicted octanol–water partition coefficient (Wildman–Crippen LogP) is 11.2. The minimum Gasteiger partial charge on any atom is -0.549 e. The Kier molecular flexibility index (Phi) is 12.8. The first-order valence-corrected chi connectivity index (χ1v) is 28.1. The van der Waals surface area contributed by atoms with E-state index in [4.69, 9.17) is 27.6 Å². The third-order valence-corrected chi connectivity index (χ3v) is 23.1. The van der Waals surface area contributed by atoms with Gasteiger partial charge in [0.25, 0.3) is 5.88 Å². The zero-order valence-corrected chi connectivity index (χ0v) is 41.9. The second-order valence-electron chi connectivity index (χ2n) is 20.8. The Hall–Kier alpha value is -4.96. The summed E-state index contributed by atoms with van der Waals surface area (Å²) in [6.07, 6.45) is 4.81. The molecule has 3 aromatic carbocycles. The molecule has 0 aliphatic heterocycles. The highest BCUT2D eigenvalue weighted by Crippen LogP contribution is 2.60. The molecule has 4 aromatic rings. The Balaban J connectivity index is 1.41. The van der Waals surface area contributed by atoms with Crippen LogP contribution in [0.4, 0.5) is 0 Å². The number of hydrogen-bond acceptors (Lipinski definition) is 11. The van der Waals surface area contributed by atoms with Gasteiger partial charge in [-0.05, 0) is 104 Å². The fourth-order valence-electron chi connectivity index (χ4n) is 8.83. The van der Waals surface area contributed by atoms with E-state index in [9.17, 15) is 5.11 Å². The van der Waals surface area contributed by atoms with Crippen molar-refractivity contribution < 1.29 is 42.3 Å². The van der Waals surface area contributed by atoms with Crippen molar-refractivity contribution in [3.63, 3.8) is 0 Å². The minimum absolute atomic E-state index is 0.00559. The van der Waals surface area contributed by atoms with Crippen LogP contribution in [-0.2, 0) is 39.7 Å². The molecule has 0 spiro atoms. The summed E-state index contributed by atoms with van der Waals surface area (Å²) in [6, 6.07) is 20.8. The van der Waals surface area contributed by atoms with Gasteiger partial charge < -0.3 is 32.7 Å². The number of carbonyl (C=O) groups is 2. The summed E-state index contributed by atoms with van der Waals surface area (Å²) in [5, 5.41) is 16.9. The Morgan fingerprint density at radius 2 is 1.45 bits per heavy atom. The van der Waals surface area contributed by atoms with Gasteiger partial charge in [-0.15, -0.1) is 0 Å². The van der Waals surface area contributed by atoms with Crippen molar-refractivity contribution >= 4 is 34.0 Å². The summed E-state index contributed by atoms with van der Waals surface area (Å²) < 4.78 is 38.9. The fraction of sp³-hybridized carbons (Fsp3) is 0.471. The molecule has 0 unspecified atom stereocenters. The van der Waals surface area contributed by atoms with Crippen molar-refractivity contribution in [1.29, 1.82) is 0 Å². The van der Waals surface area contributed by atoms with Crippen molar-refractivity contribution in [2.24, 2.45) is 11.8 Å². The molecule has 1 N–H and O–H groups in total. The molecule has 342 valence electrons. The van der Waals surface area contributed by atoms with Gasteiger partial charge in [0, 0.05) is 22.6 Å². The highest BCUT2D eigenvalue weighted by Gasteiger charge is 2.69. The maximum atomic E-state index is 16.1. The van der Waals surface area contributed by atoms with Gasteiger partial charge in [-0.3, -0.25) is 14.5 Å². The van der Waals surface area contributed by atoms with Gasteiger partial charge in [-0.2, -0.15) is 0 Å². The number of methoxy groups -OCH3 is 1. The zero-order valence-electron chi connectivity index (χ0n) is 39.9. The van der Waals surface area contributed by atoms with Gasteiger partial charge >= 0.3 is 0 Å². The first kappa shape index (κ1) is 47.0. The maximum Gasteiger partial charge on any atom is 0.265 e. The van der Waals surface area contributed by atoms with E-state index in [-0.39, 0.29) is 41.0 Å². The molecular formula is C51H66N2O9Si2. The van der Waals surface area contributed by atoms with E-state index < -0.39 is 56.7 Å². The second-order valence-corrected chi connectivity index (χ2v) is 30.3. The third-order valence-electron chi connectivity index (χ3n) is 14.4. The molecule has 1 aromatic heterocycles. The second kappa shape index (κ2) is 17.4. The Morgan fingerprint density at radius 3 is 2.02 bits per heavy atom. The van der Waals surface area contributed by atoms with Crippen LogP contribution in [0.1, 0.15) is 97.9 Å². The molecule has 1 fully saturated rings. The molecular weight excluding hydrogens is 841 g/mol. The van der Waals surface area contributed by atoms with Crippen molar-refractivity contribution in [2.75, 3.05) is 21.2 Å². The monoisotopic (exact) mass is 906 g/mol. The van der Waals surface area contributed by atoms with E-state index >= 15 is 9.59 Å². The van der Waals surface area contributed by atoms with Gasteiger partial charge in [-0.25, -0.2) is 0 Å². The Bertz CT molecular complexity index is 2440. The summed E-state index contributed by atoms with van der Waals surface area (Å²) in [4.78, 5) is 33.8. The Labute approximate surface area is 381 Å². The van der Waals surface area contributed by atoms with E-state index in [0.717, 1.165) is 22.3 Å². The molecule has 1 heterocycles. The van der Waals surface area contributed by atoms with Crippen LogP contribution in [0, 0.1) is 11.8 Å². The van der Waals surface area contributed by atoms with E-state index in [0.29, 0.717) is 42.1 Å². The number of aromatic nitrogens is 1. The molecule has 4 atom stereocenters. The smallest absolute Gasteiger partial charge is 0.265 e. The largest absolute Gasteiger partial charge is 0.549 e. The average molecular weight is 907 g/mol. The number of allylic oxidation sites excluding steroid dienone is 1. The summed E-state index contributed by atoms with van der Waals surface area (Å²) in [5.74, 6) is -1.19. The van der Waals surface area contributed by atoms with Crippen LogP contribution in [-0.4, -0.2) is 70.2 Å². The summed E-state index contributed by atoms with van der Waals surface area (Å²) in [5.41, 5.74) is 1.89. The van der Waals surface area contributed by atoms with Crippen molar-refractivity contribution in [3.05, 3.63) is 124 Å². The molecule has 3 aliphatic rings. The maximum absolute atomic E-state index is 16.1. The number of nitrogens with zero attached hydrogens (tertiary/aromatic N) is 2. The molecule has 0 bridgehead atoms. The standard InChI is InChI=1S/C51H66N2O9Si2/c1-49(2,3)63(10,11)60-26-20-25-34-29-38(57-9)36-27-35-28-37-42(53(7)8)45-41(48(52-61-45)59-31-33-23-18-15-19-24-33)47(56)51(37,62-64(12,13)50(4,5)6)46(55)39(35)43(54)40(36)44(34)58-30-32-21-16-14-17-22-32/h14-24,26,29,35,37,42,54H,25,27-28,30-31H2,1-13H3/b26-20-/t35-,37-,42-,51-/m0/s1. The molecule has 7 rings (SSSR count). The van der Waals surface area contributed by atoms with E-state index in [2.05, 4.69) is 59.8 Å². The number of Topliss-reactive ketones (excluding diaryl/α,β-unsaturated/α-hetero) is 2. The van der Waals surface area contributed by atoms with Crippen LogP contribution in [0.2, 0.25) is 36.3 Å². The number of hydrogen-bond donors (Lipinski definition) is 1. The number of aliphatic hydroxyl groups excluding tert-OH is 1. The quantitative estimate of drug-likeness (QED) is 0.0737. The summed E-state index contributed by atoms with van der Waals surface area (Å²) >= 11 is 0. The number of fused-ring (bicyclic) bond motifs is 4. The van der Waals surface area contributed by atoms with Crippen LogP contribution in [0.15, 0.2) is 89.2 Å². The zero-order chi connectivity index (χ0) is 46.6. The Morgan fingerprint density at radius 1 is 0.859 bits per heavy atom. The highest BCUT2D eigenvalue weighted by atomic mass is 28.4. The number of ether oxygens (including phenoxy) is 3. The van der Waals surface area contributed by atoms with Gasteiger partial charge in [0.2, 0.25) is 19.9 Å². The molecule has 0 amide bonds. The molecule has 3 aliphatic carbocycles. The van der Waals surface area contributed by atoms with Crippen molar-refractivity contribution in [2.45, 2.75) is 122 Å². The van der Waals surface area contributed by atoms with E-state index in [1.165, 1.54) is 0 Å². The van der Waals surface area contributed by atoms with Gasteiger partial charge in [-0.1, -0.05) is 102 Å². The van der Waals surface area contributed by atoms with Gasteiger partial charge in [0.15, 0.2) is 19.7 Å². The lowest BCUT2D eigenvalue weighted by Crippen LogP contribution is -2.68.